The molecule has 13 heteroatoms. The predicted molar refractivity (Wildman–Crippen MR) is 105 cm³/mol. The number of halogens is 3. The third-order valence-electron chi connectivity index (χ3n) is 5.83. The van der Waals surface area contributed by atoms with Crippen LogP contribution in [0, 0.1) is 5.92 Å². The topological polar surface area (TPSA) is 116 Å². The van der Waals surface area contributed by atoms with Crippen LogP contribution in [0.15, 0.2) is 29.2 Å². The fraction of sp³-hybridized carbons (Fsp3) is 0.526. The highest BCUT2D eigenvalue weighted by atomic mass is 32.2. The first kappa shape index (κ1) is 24.0. The van der Waals surface area contributed by atoms with Crippen LogP contribution in [-0.2, 0) is 25.8 Å². The second-order valence-electron chi connectivity index (χ2n) is 7.90. The zero-order valence-electron chi connectivity index (χ0n) is 17.4. The van der Waals surface area contributed by atoms with E-state index in [0.29, 0.717) is 17.5 Å². The molecule has 2 fully saturated rings. The standard InChI is InChI=1S/C19H23F3N4O5S/c1-3-18(2)16(28)26(17(29)23-18)24-15(27)12-8-10-25(11-9-12)32(30,31)14-7-5-4-6-13(14)19(20,21)22/h4-7,12H,3,8-11H2,1-2H3,(H,23,29)(H,24,27)/t18-/m0/s1. The maximum Gasteiger partial charge on any atom is 0.417 e. The minimum absolute atomic E-state index is 0.0218. The first-order valence-electron chi connectivity index (χ1n) is 9.95. The molecule has 4 amide bonds. The van der Waals surface area contributed by atoms with Crippen LogP contribution in [0.4, 0.5) is 18.0 Å². The summed E-state index contributed by atoms with van der Waals surface area (Å²) in [6.07, 6.45) is -4.47. The number of benzene rings is 1. The predicted octanol–water partition coefficient (Wildman–Crippen LogP) is 1.86. The van der Waals surface area contributed by atoms with Gasteiger partial charge in [-0.1, -0.05) is 19.1 Å². The van der Waals surface area contributed by atoms with Crippen molar-refractivity contribution in [2.24, 2.45) is 5.92 Å². The van der Waals surface area contributed by atoms with Gasteiger partial charge in [0.2, 0.25) is 15.9 Å². The van der Waals surface area contributed by atoms with Gasteiger partial charge in [-0.05, 0) is 38.3 Å². The number of nitrogens with one attached hydrogen (secondary N) is 2. The second kappa shape index (κ2) is 8.35. The second-order valence-corrected chi connectivity index (χ2v) is 9.81. The lowest BCUT2D eigenvalue weighted by atomic mass is 9.97. The van der Waals surface area contributed by atoms with Gasteiger partial charge in [-0.3, -0.25) is 15.0 Å². The molecular weight excluding hydrogens is 453 g/mol. The largest absolute Gasteiger partial charge is 0.417 e. The first-order chi connectivity index (χ1) is 14.8. The van der Waals surface area contributed by atoms with E-state index in [2.05, 4.69) is 10.7 Å². The Morgan fingerprint density at radius 3 is 2.34 bits per heavy atom. The number of imide groups is 1. The van der Waals surface area contributed by atoms with Gasteiger partial charge in [0.05, 0.1) is 10.5 Å². The highest BCUT2D eigenvalue weighted by molar-refractivity contribution is 7.89. The molecule has 0 aromatic heterocycles. The van der Waals surface area contributed by atoms with Gasteiger partial charge < -0.3 is 5.32 Å². The van der Waals surface area contributed by atoms with Crippen molar-refractivity contribution in [1.29, 1.82) is 0 Å². The van der Waals surface area contributed by atoms with E-state index < -0.39 is 56.0 Å². The summed E-state index contributed by atoms with van der Waals surface area (Å²) in [6, 6.07) is 3.16. The average molecular weight is 476 g/mol. The quantitative estimate of drug-likeness (QED) is 0.630. The maximum atomic E-state index is 13.3. The number of sulfonamides is 1. The molecule has 2 heterocycles. The molecule has 1 aromatic rings. The summed E-state index contributed by atoms with van der Waals surface area (Å²) in [5.74, 6) is -1.96. The summed E-state index contributed by atoms with van der Waals surface area (Å²) >= 11 is 0. The van der Waals surface area contributed by atoms with Gasteiger partial charge in [-0.2, -0.15) is 22.5 Å². The molecule has 3 rings (SSSR count). The van der Waals surface area contributed by atoms with Gasteiger partial charge in [0, 0.05) is 19.0 Å². The van der Waals surface area contributed by atoms with E-state index in [9.17, 15) is 36.0 Å². The number of nitrogens with zero attached hydrogens (tertiary/aromatic N) is 2. The third-order valence-corrected chi connectivity index (χ3v) is 7.78. The first-order valence-corrected chi connectivity index (χ1v) is 11.4. The molecule has 2 saturated heterocycles. The number of urea groups is 1. The van der Waals surface area contributed by atoms with Crippen LogP contribution >= 0.6 is 0 Å². The van der Waals surface area contributed by atoms with E-state index in [4.69, 9.17) is 0 Å². The van der Waals surface area contributed by atoms with Crippen molar-refractivity contribution in [1.82, 2.24) is 20.1 Å². The summed E-state index contributed by atoms with van der Waals surface area (Å²) in [7, 11) is -4.43. The van der Waals surface area contributed by atoms with E-state index >= 15 is 0 Å². The van der Waals surface area contributed by atoms with Gasteiger partial charge in [0.25, 0.3) is 5.91 Å². The number of amides is 4. The number of carbonyl (C=O) groups is 3. The van der Waals surface area contributed by atoms with Crippen LogP contribution in [-0.4, -0.2) is 54.2 Å². The molecule has 9 nitrogen and oxygen atoms in total. The number of alkyl halides is 3. The highest BCUT2D eigenvalue weighted by Crippen LogP contribution is 2.36. The number of rotatable bonds is 5. The molecule has 0 bridgehead atoms. The summed E-state index contributed by atoms with van der Waals surface area (Å²) in [6.45, 7) is 2.87. The van der Waals surface area contributed by atoms with Gasteiger partial charge in [-0.15, -0.1) is 0 Å². The maximum absolute atomic E-state index is 13.3. The lowest BCUT2D eigenvalue weighted by molar-refractivity contribution is -0.141. The van der Waals surface area contributed by atoms with Crippen LogP contribution < -0.4 is 10.7 Å². The highest BCUT2D eigenvalue weighted by Gasteiger charge is 2.48. The molecule has 0 radical (unpaired) electrons. The number of carbonyl (C=O) groups excluding carboxylic acids is 3. The molecule has 32 heavy (non-hydrogen) atoms. The summed E-state index contributed by atoms with van der Waals surface area (Å²) in [5.41, 5.74) is -0.116. The number of hydrogen-bond acceptors (Lipinski definition) is 5. The van der Waals surface area contributed by atoms with Crippen molar-refractivity contribution >= 4 is 27.9 Å². The fourth-order valence-electron chi connectivity index (χ4n) is 3.65. The molecule has 2 aliphatic heterocycles. The zero-order valence-corrected chi connectivity index (χ0v) is 18.2. The summed E-state index contributed by atoms with van der Waals surface area (Å²) in [4.78, 5) is 36.1. The monoisotopic (exact) mass is 476 g/mol. The van der Waals surface area contributed by atoms with Crippen LogP contribution in [0.1, 0.15) is 38.7 Å². The molecule has 0 aliphatic carbocycles. The van der Waals surface area contributed by atoms with Crippen LogP contribution in [0.2, 0.25) is 0 Å². The normalized spacial score (nSPS) is 23.3. The van der Waals surface area contributed by atoms with Crippen molar-refractivity contribution in [3.05, 3.63) is 29.8 Å². The molecule has 0 unspecified atom stereocenters. The van der Waals surface area contributed by atoms with E-state index in [1.165, 1.54) is 13.0 Å². The Morgan fingerprint density at radius 1 is 1.22 bits per heavy atom. The van der Waals surface area contributed by atoms with E-state index in [1.807, 2.05) is 0 Å². The Morgan fingerprint density at radius 2 is 1.81 bits per heavy atom. The average Bonchev–Trinajstić information content (AvgIpc) is 2.96. The van der Waals surface area contributed by atoms with Gasteiger partial charge >= 0.3 is 12.2 Å². The summed E-state index contributed by atoms with van der Waals surface area (Å²) in [5, 5.41) is 3.10. The minimum Gasteiger partial charge on any atom is -0.322 e. The van der Waals surface area contributed by atoms with E-state index in [1.54, 1.807) is 6.92 Å². The van der Waals surface area contributed by atoms with E-state index in [-0.39, 0.29) is 25.9 Å². The fourth-order valence-corrected chi connectivity index (χ4v) is 5.33. The van der Waals surface area contributed by atoms with Crippen molar-refractivity contribution in [3.63, 3.8) is 0 Å². The lowest BCUT2D eigenvalue weighted by Gasteiger charge is -2.31. The van der Waals surface area contributed by atoms with Gasteiger partial charge in [0.15, 0.2) is 0 Å². The van der Waals surface area contributed by atoms with Crippen LogP contribution in [0.3, 0.4) is 0 Å². The molecule has 0 spiro atoms. The Kier molecular flexibility index (Phi) is 6.26. The molecule has 0 saturated carbocycles. The van der Waals surface area contributed by atoms with E-state index in [0.717, 1.165) is 16.4 Å². The molecule has 176 valence electrons. The number of hydrogen-bond donors (Lipinski definition) is 2. The van der Waals surface area contributed by atoms with Crippen LogP contribution in [0.25, 0.3) is 0 Å². The minimum atomic E-state index is -4.84. The third kappa shape index (κ3) is 4.31. The molecule has 2 aliphatic rings. The molecule has 1 aromatic carbocycles. The van der Waals surface area contributed by atoms with Crippen molar-refractivity contribution in [3.8, 4) is 0 Å². The number of piperidine rings is 1. The van der Waals surface area contributed by atoms with Crippen molar-refractivity contribution in [2.45, 2.75) is 49.7 Å². The lowest BCUT2D eigenvalue weighted by Crippen LogP contribution is -2.51. The Balaban J connectivity index is 1.67. The Bertz CT molecular complexity index is 1040. The smallest absolute Gasteiger partial charge is 0.322 e. The van der Waals surface area contributed by atoms with Gasteiger partial charge in [-0.25, -0.2) is 13.2 Å². The summed E-state index contributed by atoms with van der Waals surface area (Å²) < 4.78 is 66.3. The molecule has 1 atom stereocenters. The molecule has 2 N–H and O–H groups in total. The molecular formula is C19H23F3N4O5S. The zero-order chi connectivity index (χ0) is 23.9. The van der Waals surface area contributed by atoms with Crippen molar-refractivity contribution in [2.75, 3.05) is 13.1 Å². The number of hydrazine groups is 1. The Hall–Kier alpha value is -2.67. The van der Waals surface area contributed by atoms with Crippen molar-refractivity contribution < 1.29 is 36.0 Å². The van der Waals surface area contributed by atoms with Crippen LogP contribution in [0.5, 0.6) is 0 Å². The Labute approximate surface area is 182 Å². The van der Waals surface area contributed by atoms with Gasteiger partial charge in [0.1, 0.15) is 5.54 Å². The SMILES string of the molecule is CC[C@]1(C)NC(=O)N(NC(=O)C2CCN(S(=O)(=O)c3ccccc3C(F)(F)F)CC2)C1=O.